The second-order valence-corrected chi connectivity index (χ2v) is 7.99. The first kappa shape index (κ1) is 15.1. The molecule has 1 nitrogen and oxygen atoms in total. The van der Waals surface area contributed by atoms with Crippen LogP contribution in [0.2, 0.25) is 0 Å². The minimum atomic E-state index is -0.178. The van der Waals surface area contributed by atoms with Gasteiger partial charge < -0.3 is 0 Å². The van der Waals surface area contributed by atoms with Crippen molar-refractivity contribution < 1.29 is 0 Å². The van der Waals surface area contributed by atoms with Gasteiger partial charge in [-0.15, -0.1) is 0 Å². The highest BCUT2D eigenvalue weighted by atomic mass is 14.8. The monoisotopic (exact) mass is 245 g/mol. The maximum atomic E-state index is 8.82. The number of rotatable bonds is 0. The zero-order valence-electron chi connectivity index (χ0n) is 13.4. The van der Waals surface area contributed by atoms with E-state index in [2.05, 4.69) is 74.2 Å². The molecule has 1 rings (SSSR count). The van der Waals surface area contributed by atoms with Gasteiger partial charge in [0.05, 0.1) is 0 Å². The van der Waals surface area contributed by atoms with Crippen LogP contribution in [0.4, 0.5) is 0 Å². The van der Waals surface area contributed by atoms with Gasteiger partial charge in [-0.25, -0.2) is 0 Å². The van der Waals surface area contributed by atoms with Gasteiger partial charge in [-0.1, -0.05) is 61.3 Å². The van der Waals surface area contributed by atoms with Crippen molar-refractivity contribution in [3.05, 3.63) is 0 Å². The van der Waals surface area contributed by atoms with Crippen molar-refractivity contribution in [3.63, 3.8) is 0 Å². The largest absolute Gasteiger partial charge is 0.183 e. The van der Waals surface area contributed by atoms with Gasteiger partial charge in [0, 0.05) is 11.3 Å². The lowest BCUT2D eigenvalue weighted by atomic mass is 9.57. The molecule has 1 saturated carbocycles. The maximum absolute atomic E-state index is 8.82. The van der Waals surface area contributed by atoms with E-state index in [9.17, 15) is 0 Å². The molecule has 0 unspecified atom stereocenters. The summed E-state index contributed by atoms with van der Waals surface area (Å²) >= 11 is 0. The second-order valence-electron chi connectivity index (χ2n) is 7.99. The first-order valence-electron chi connectivity index (χ1n) is 6.72. The Hall–Kier alpha value is -0.950. The predicted octanol–water partition coefficient (Wildman–Crippen LogP) is 4.64. The lowest BCUT2D eigenvalue weighted by Crippen LogP contribution is -2.42. The lowest BCUT2D eigenvalue weighted by Gasteiger charge is -2.47. The Morgan fingerprint density at radius 3 is 1.22 bits per heavy atom. The molecule has 0 aliphatic heterocycles. The van der Waals surface area contributed by atoms with Gasteiger partial charge in [-0.3, -0.25) is 0 Å². The van der Waals surface area contributed by atoms with Gasteiger partial charge in [-0.2, -0.15) is 5.26 Å². The third kappa shape index (κ3) is 1.23. The van der Waals surface area contributed by atoms with E-state index in [0.29, 0.717) is 0 Å². The van der Waals surface area contributed by atoms with Crippen molar-refractivity contribution >= 4 is 0 Å². The lowest BCUT2D eigenvalue weighted by molar-refractivity contribution is 0.0135. The first-order valence-corrected chi connectivity index (χ1v) is 6.72. The average Bonchev–Trinajstić information content (AvgIpc) is 2.27. The van der Waals surface area contributed by atoms with Crippen molar-refractivity contribution in [3.8, 4) is 17.9 Å². The second kappa shape index (κ2) is 3.54. The van der Waals surface area contributed by atoms with E-state index in [1.54, 1.807) is 0 Å². The Labute approximate surface area is 113 Å². The van der Waals surface area contributed by atoms with E-state index < -0.39 is 0 Å². The van der Waals surface area contributed by atoms with Crippen LogP contribution in [0.3, 0.4) is 0 Å². The number of hydrogen-bond donors (Lipinski definition) is 0. The van der Waals surface area contributed by atoms with Gasteiger partial charge in [0.25, 0.3) is 0 Å². The zero-order valence-corrected chi connectivity index (χ0v) is 13.4. The Morgan fingerprint density at radius 2 is 0.944 bits per heavy atom. The molecule has 0 amide bonds. The van der Waals surface area contributed by atoms with Crippen LogP contribution in [0.15, 0.2) is 0 Å². The van der Waals surface area contributed by atoms with Gasteiger partial charge in [0.2, 0.25) is 0 Å². The minimum absolute atomic E-state index is 0.0385. The van der Waals surface area contributed by atoms with Gasteiger partial charge in [0.1, 0.15) is 0 Å². The summed E-state index contributed by atoms with van der Waals surface area (Å²) in [7, 11) is 0. The quantitative estimate of drug-likeness (QED) is 0.570. The molecule has 1 fully saturated rings. The topological polar surface area (TPSA) is 23.8 Å². The summed E-state index contributed by atoms with van der Waals surface area (Å²) in [6, 6.07) is 1.99. The predicted molar refractivity (Wildman–Crippen MR) is 76.6 cm³/mol. The molecule has 0 radical (unpaired) electrons. The van der Waals surface area contributed by atoms with E-state index in [1.807, 2.05) is 6.07 Å². The normalized spacial score (nSPS) is 28.9. The van der Waals surface area contributed by atoms with E-state index in [0.717, 1.165) is 0 Å². The zero-order chi connectivity index (χ0) is 14.6. The number of nitrogens with zero attached hydrogens (tertiary/aromatic N) is 1. The van der Waals surface area contributed by atoms with Crippen molar-refractivity contribution in [2.75, 3.05) is 0 Å². The SMILES string of the molecule is CC1(C)C(C)(C)C(C)(C)C(C)(C#CC#N)C1(C)C. The molecule has 0 aromatic carbocycles. The molecular formula is C17H27N. The molecular weight excluding hydrogens is 218 g/mol. The summed E-state index contributed by atoms with van der Waals surface area (Å²) in [5.41, 5.74) is 0.182. The van der Waals surface area contributed by atoms with Crippen LogP contribution in [0.1, 0.15) is 62.3 Å². The third-order valence-corrected chi connectivity index (χ3v) is 7.56. The average molecular weight is 245 g/mol. The molecule has 0 bridgehead atoms. The molecule has 1 aliphatic rings. The smallest absolute Gasteiger partial charge is 0.152 e. The van der Waals surface area contributed by atoms with Gasteiger partial charge in [-0.05, 0) is 28.6 Å². The van der Waals surface area contributed by atoms with E-state index in [1.165, 1.54) is 0 Å². The Balaban J connectivity index is 3.70. The van der Waals surface area contributed by atoms with Crippen LogP contribution >= 0.6 is 0 Å². The summed E-state index contributed by atoms with van der Waals surface area (Å²) in [5, 5.41) is 8.82. The Kier molecular flexibility index (Phi) is 2.97. The van der Waals surface area contributed by atoms with Crippen LogP contribution in [-0.2, 0) is 0 Å². The maximum Gasteiger partial charge on any atom is 0.152 e. The van der Waals surface area contributed by atoms with Crippen LogP contribution in [0, 0.1) is 50.2 Å². The highest BCUT2D eigenvalue weighted by Crippen LogP contribution is 2.77. The fraction of sp³-hybridized carbons (Fsp3) is 0.824. The molecule has 0 spiro atoms. The third-order valence-electron chi connectivity index (χ3n) is 7.56. The van der Waals surface area contributed by atoms with E-state index in [-0.39, 0.29) is 27.1 Å². The highest BCUT2D eigenvalue weighted by Gasteiger charge is 2.73. The van der Waals surface area contributed by atoms with Gasteiger partial charge in [0.15, 0.2) is 6.07 Å². The molecule has 1 aliphatic carbocycles. The summed E-state index contributed by atoms with van der Waals surface area (Å²) < 4.78 is 0. The minimum Gasteiger partial charge on any atom is -0.183 e. The Morgan fingerprint density at radius 1 is 0.611 bits per heavy atom. The Bertz CT molecular complexity index is 432. The van der Waals surface area contributed by atoms with Crippen molar-refractivity contribution in [1.29, 1.82) is 5.26 Å². The molecule has 1 heteroatoms. The standard InChI is InChI=1S/C17H27N/c1-13(2)14(3,4)16(7,8)17(9,11-10-12-18)15(13,5)6/h1-9H3. The molecule has 0 saturated heterocycles. The number of nitriles is 1. The molecule has 18 heavy (non-hydrogen) atoms. The van der Waals surface area contributed by atoms with Gasteiger partial charge >= 0.3 is 0 Å². The molecule has 0 aromatic rings. The number of hydrogen-bond acceptors (Lipinski definition) is 1. The highest BCUT2D eigenvalue weighted by molar-refractivity contribution is 5.34. The molecule has 100 valence electrons. The molecule has 0 aromatic heterocycles. The van der Waals surface area contributed by atoms with Crippen molar-refractivity contribution in [1.82, 2.24) is 0 Å². The van der Waals surface area contributed by atoms with Crippen LogP contribution in [0.25, 0.3) is 0 Å². The van der Waals surface area contributed by atoms with Crippen LogP contribution in [0.5, 0.6) is 0 Å². The van der Waals surface area contributed by atoms with Crippen molar-refractivity contribution in [2.24, 2.45) is 27.1 Å². The summed E-state index contributed by atoms with van der Waals surface area (Å²) in [6.45, 7) is 20.8. The summed E-state index contributed by atoms with van der Waals surface area (Å²) in [5.74, 6) is 5.96. The molecule has 0 atom stereocenters. The summed E-state index contributed by atoms with van der Waals surface area (Å²) in [6.07, 6.45) is 0. The van der Waals surface area contributed by atoms with Crippen molar-refractivity contribution in [2.45, 2.75) is 62.3 Å². The summed E-state index contributed by atoms with van der Waals surface area (Å²) in [4.78, 5) is 0. The fourth-order valence-corrected chi connectivity index (χ4v) is 4.06. The molecule has 0 N–H and O–H groups in total. The fourth-order valence-electron chi connectivity index (χ4n) is 4.06. The molecule has 0 heterocycles. The first-order chi connectivity index (χ1) is 7.81. The van der Waals surface area contributed by atoms with Crippen LogP contribution in [-0.4, -0.2) is 0 Å². The van der Waals surface area contributed by atoms with E-state index >= 15 is 0 Å². The van der Waals surface area contributed by atoms with E-state index in [4.69, 9.17) is 5.26 Å². The van der Waals surface area contributed by atoms with Crippen LogP contribution < -0.4 is 0 Å².